The Morgan fingerprint density at radius 3 is 2.63 bits per heavy atom. The van der Waals surface area contributed by atoms with Gasteiger partial charge in [-0.3, -0.25) is 4.79 Å². The number of benzene rings is 1. The summed E-state index contributed by atoms with van der Waals surface area (Å²) in [6.07, 6.45) is 1.78. The third-order valence-corrected chi connectivity index (χ3v) is 6.83. The van der Waals surface area contributed by atoms with E-state index in [4.69, 9.17) is 32.6 Å². The van der Waals surface area contributed by atoms with Gasteiger partial charge in [0.1, 0.15) is 0 Å². The summed E-state index contributed by atoms with van der Waals surface area (Å²) < 4.78 is 5.94. The van der Waals surface area contributed by atoms with Crippen molar-refractivity contribution >= 4 is 56.4 Å². The Hall–Kier alpha value is -1.34. The Labute approximate surface area is 179 Å². The Kier molecular flexibility index (Phi) is 5.60. The van der Waals surface area contributed by atoms with E-state index in [2.05, 4.69) is 15.9 Å². The van der Waals surface area contributed by atoms with Crippen LogP contribution in [0.1, 0.15) is 34.3 Å². The van der Waals surface area contributed by atoms with Gasteiger partial charge in [-0.15, -0.1) is 11.3 Å². The number of likely N-dealkylation sites (tertiary alicyclic amines) is 1. The van der Waals surface area contributed by atoms with E-state index in [9.17, 15) is 4.79 Å². The van der Waals surface area contributed by atoms with Gasteiger partial charge in [-0.2, -0.15) is 0 Å². The Balaban J connectivity index is 1.42. The zero-order valence-electron chi connectivity index (χ0n) is 14.1. The fourth-order valence-electron chi connectivity index (χ4n) is 3.18. The molecule has 0 N–H and O–H groups in total. The van der Waals surface area contributed by atoms with E-state index in [1.54, 1.807) is 29.5 Å². The van der Waals surface area contributed by atoms with Crippen molar-refractivity contribution in [1.29, 1.82) is 0 Å². The topological polar surface area (TPSA) is 46.3 Å². The maximum Gasteiger partial charge on any atom is 0.289 e. The molecular formula is C19H15BrCl2N2O2S. The SMILES string of the molecule is O=C(c1ccc(Br)o1)N1CCC(c2nc(-c3ccc(Cl)c(Cl)c3)cs2)CC1. The molecule has 4 nitrogen and oxygen atoms in total. The van der Waals surface area contributed by atoms with Crippen LogP contribution in [0.5, 0.6) is 0 Å². The van der Waals surface area contributed by atoms with Crippen molar-refractivity contribution in [2.75, 3.05) is 13.1 Å². The van der Waals surface area contributed by atoms with Gasteiger partial charge in [-0.25, -0.2) is 4.98 Å². The van der Waals surface area contributed by atoms with E-state index in [0.29, 0.717) is 39.5 Å². The summed E-state index contributed by atoms with van der Waals surface area (Å²) in [5, 5.41) is 4.22. The second-order valence-electron chi connectivity index (χ2n) is 6.37. The molecule has 4 rings (SSSR count). The van der Waals surface area contributed by atoms with Gasteiger partial charge in [0.2, 0.25) is 0 Å². The molecule has 140 valence electrons. The highest BCUT2D eigenvalue weighted by Crippen LogP contribution is 2.35. The fraction of sp³-hybridized carbons (Fsp3) is 0.263. The van der Waals surface area contributed by atoms with E-state index < -0.39 is 0 Å². The first kappa shape index (κ1) is 19.0. The number of carbonyl (C=O) groups excluding carboxylic acids is 1. The van der Waals surface area contributed by atoms with Gasteiger partial charge in [0, 0.05) is 30.0 Å². The molecule has 1 fully saturated rings. The van der Waals surface area contributed by atoms with Crippen LogP contribution in [0.15, 0.2) is 44.8 Å². The normalized spacial score (nSPS) is 15.3. The summed E-state index contributed by atoms with van der Waals surface area (Å²) in [5.74, 6) is 0.671. The van der Waals surface area contributed by atoms with Crippen molar-refractivity contribution < 1.29 is 9.21 Å². The zero-order chi connectivity index (χ0) is 19.0. The number of thiazole rings is 1. The average Bonchev–Trinajstić information content (AvgIpc) is 3.33. The van der Waals surface area contributed by atoms with Crippen LogP contribution in [0.4, 0.5) is 0 Å². The lowest BCUT2D eigenvalue weighted by atomic mass is 9.97. The molecule has 1 amide bonds. The number of aromatic nitrogens is 1. The molecule has 0 atom stereocenters. The number of hydrogen-bond donors (Lipinski definition) is 0. The van der Waals surface area contributed by atoms with Crippen LogP contribution in [0.25, 0.3) is 11.3 Å². The molecule has 1 saturated heterocycles. The molecule has 0 saturated carbocycles. The smallest absolute Gasteiger partial charge is 0.289 e. The molecule has 3 aromatic rings. The minimum absolute atomic E-state index is 0.0604. The third-order valence-electron chi connectivity index (χ3n) is 4.65. The van der Waals surface area contributed by atoms with Crippen LogP contribution in [0.2, 0.25) is 10.0 Å². The highest BCUT2D eigenvalue weighted by molar-refractivity contribution is 9.10. The number of hydrogen-bond acceptors (Lipinski definition) is 4. The number of nitrogens with zero attached hydrogens (tertiary/aromatic N) is 2. The lowest BCUT2D eigenvalue weighted by Gasteiger charge is -2.30. The second kappa shape index (κ2) is 7.95. The van der Waals surface area contributed by atoms with Gasteiger partial charge in [0.25, 0.3) is 5.91 Å². The van der Waals surface area contributed by atoms with Gasteiger partial charge in [0.15, 0.2) is 10.4 Å². The first-order valence-electron chi connectivity index (χ1n) is 8.46. The van der Waals surface area contributed by atoms with Gasteiger partial charge >= 0.3 is 0 Å². The van der Waals surface area contributed by atoms with Crippen LogP contribution < -0.4 is 0 Å². The first-order valence-corrected chi connectivity index (χ1v) is 10.9. The minimum atomic E-state index is -0.0604. The molecular weight excluding hydrogens is 471 g/mol. The Bertz CT molecular complexity index is 980. The van der Waals surface area contributed by atoms with E-state index in [1.165, 1.54) is 0 Å². The number of piperidine rings is 1. The molecule has 0 bridgehead atoms. The summed E-state index contributed by atoms with van der Waals surface area (Å²) >= 11 is 17.0. The molecule has 0 aliphatic carbocycles. The summed E-state index contributed by atoms with van der Waals surface area (Å²) in [5.41, 5.74) is 1.87. The highest BCUT2D eigenvalue weighted by Gasteiger charge is 2.27. The Morgan fingerprint density at radius 2 is 1.96 bits per heavy atom. The van der Waals surface area contributed by atoms with Gasteiger partial charge < -0.3 is 9.32 Å². The number of halogens is 3. The highest BCUT2D eigenvalue weighted by atomic mass is 79.9. The molecule has 27 heavy (non-hydrogen) atoms. The number of rotatable bonds is 3. The summed E-state index contributed by atoms with van der Waals surface area (Å²) in [7, 11) is 0. The van der Waals surface area contributed by atoms with Crippen molar-refractivity contribution in [2.24, 2.45) is 0 Å². The number of amides is 1. The minimum Gasteiger partial charge on any atom is -0.444 e. The molecule has 1 aromatic carbocycles. The molecule has 3 heterocycles. The predicted octanol–water partition coefficient (Wildman–Crippen LogP) is 6.49. The molecule has 0 radical (unpaired) electrons. The predicted molar refractivity (Wildman–Crippen MR) is 112 cm³/mol. The van der Waals surface area contributed by atoms with Crippen LogP contribution in [0.3, 0.4) is 0 Å². The van der Waals surface area contributed by atoms with E-state index >= 15 is 0 Å². The van der Waals surface area contributed by atoms with Crippen molar-refractivity contribution in [2.45, 2.75) is 18.8 Å². The molecule has 0 spiro atoms. The molecule has 0 unspecified atom stereocenters. The maximum atomic E-state index is 12.5. The number of carbonyl (C=O) groups is 1. The summed E-state index contributed by atoms with van der Waals surface area (Å²) in [6, 6.07) is 8.99. The molecule has 2 aromatic heterocycles. The van der Waals surface area contributed by atoms with E-state index in [1.807, 2.05) is 22.4 Å². The van der Waals surface area contributed by atoms with E-state index in [0.717, 1.165) is 29.1 Å². The van der Waals surface area contributed by atoms with Crippen molar-refractivity contribution in [3.05, 3.63) is 61.2 Å². The Morgan fingerprint density at radius 1 is 1.19 bits per heavy atom. The van der Waals surface area contributed by atoms with Crippen LogP contribution in [-0.2, 0) is 0 Å². The number of furan rings is 1. The summed E-state index contributed by atoms with van der Waals surface area (Å²) in [4.78, 5) is 19.1. The fourth-order valence-corrected chi connectivity index (χ4v) is 4.78. The average molecular weight is 486 g/mol. The van der Waals surface area contributed by atoms with Crippen LogP contribution in [-0.4, -0.2) is 28.9 Å². The second-order valence-corrected chi connectivity index (χ2v) is 8.86. The third kappa shape index (κ3) is 4.09. The van der Waals surface area contributed by atoms with E-state index in [-0.39, 0.29) is 5.91 Å². The van der Waals surface area contributed by atoms with Gasteiger partial charge in [-0.1, -0.05) is 29.3 Å². The van der Waals surface area contributed by atoms with Gasteiger partial charge in [-0.05, 0) is 53.0 Å². The lowest BCUT2D eigenvalue weighted by Crippen LogP contribution is -2.37. The van der Waals surface area contributed by atoms with Crippen molar-refractivity contribution in [1.82, 2.24) is 9.88 Å². The van der Waals surface area contributed by atoms with Crippen molar-refractivity contribution in [3.8, 4) is 11.3 Å². The lowest BCUT2D eigenvalue weighted by molar-refractivity contribution is 0.0679. The maximum absolute atomic E-state index is 12.5. The largest absolute Gasteiger partial charge is 0.444 e. The first-order chi connectivity index (χ1) is 13.0. The molecule has 1 aliphatic heterocycles. The quantitative estimate of drug-likeness (QED) is 0.425. The van der Waals surface area contributed by atoms with Crippen molar-refractivity contribution in [3.63, 3.8) is 0 Å². The zero-order valence-corrected chi connectivity index (χ0v) is 18.0. The van der Waals surface area contributed by atoms with Crippen LogP contribution in [0, 0.1) is 0 Å². The molecule has 1 aliphatic rings. The summed E-state index contributed by atoms with van der Waals surface area (Å²) in [6.45, 7) is 1.40. The monoisotopic (exact) mass is 484 g/mol. The van der Waals surface area contributed by atoms with Crippen LogP contribution >= 0.6 is 50.5 Å². The van der Waals surface area contributed by atoms with Gasteiger partial charge in [0.05, 0.1) is 20.7 Å². The standard InChI is InChI=1S/C19H15BrCl2N2O2S/c20-17-4-3-16(26-17)19(25)24-7-5-11(6-8-24)18-23-15(10-27-18)12-1-2-13(21)14(22)9-12/h1-4,9-11H,5-8H2. The molecule has 8 heteroatoms.